The van der Waals surface area contributed by atoms with Crippen molar-refractivity contribution in [2.45, 2.75) is 38.9 Å². The summed E-state index contributed by atoms with van der Waals surface area (Å²) in [6, 6.07) is 13.3. The SMILES string of the molecule is CCN(C(=O)CCCNC(=O)c1ccccc1)C(C)c1cccc(C(F)(F)F)c1. The summed E-state index contributed by atoms with van der Waals surface area (Å²) in [4.78, 5) is 26.1. The number of benzene rings is 2. The average Bonchev–Trinajstić information content (AvgIpc) is 2.71. The summed E-state index contributed by atoms with van der Waals surface area (Å²) in [5.74, 6) is -0.367. The maximum absolute atomic E-state index is 13.0. The fraction of sp³-hybridized carbons (Fsp3) is 0.364. The standard InChI is InChI=1S/C22H25F3N2O2/c1-3-27(16(2)18-11-7-12-19(15-18)22(23,24)25)20(28)13-8-14-26-21(29)17-9-5-4-6-10-17/h4-7,9-12,15-16H,3,8,13-14H2,1-2H3,(H,26,29). The summed E-state index contributed by atoms with van der Waals surface area (Å²) in [7, 11) is 0. The number of hydrogen-bond donors (Lipinski definition) is 1. The molecule has 2 aromatic carbocycles. The minimum atomic E-state index is -4.42. The van der Waals surface area contributed by atoms with Crippen molar-refractivity contribution in [2.24, 2.45) is 0 Å². The number of nitrogens with one attached hydrogen (secondary N) is 1. The van der Waals surface area contributed by atoms with Crippen molar-refractivity contribution in [2.75, 3.05) is 13.1 Å². The highest BCUT2D eigenvalue weighted by Gasteiger charge is 2.31. The Morgan fingerprint density at radius 2 is 1.76 bits per heavy atom. The zero-order valence-corrected chi connectivity index (χ0v) is 16.5. The summed E-state index contributed by atoms with van der Waals surface area (Å²) in [5, 5.41) is 2.76. The molecule has 0 aliphatic heterocycles. The molecule has 4 nitrogen and oxygen atoms in total. The minimum absolute atomic E-state index is 0.161. The van der Waals surface area contributed by atoms with Crippen molar-refractivity contribution in [3.8, 4) is 0 Å². The number of hydrogen-bond acceptors (Lipinski definition) is 2. The Labute approximate surface area is 168 Å². The van der Waals surface area contributed by atoms with Gasteiger partial charge in [0.25, 0.3) is 5.91 Å². The molecule has 2 rings (SSSR count). The number of carbonyl (C=O) groups excluding carboxylic acids is 2. The summed E-state index contributed by atoms with van der Waals surface area (Å²) < 4.78 is 38.9. The summed E-state index contributed by atoms with van der Waals surface area (Å²) in [5.41, 5.74) is 0.258. The molecule has 0 fully saturated rings. The predicted molar refractivity (Wildman–Crippen MR) is 105 cm³/mol. The van der Waals surface area contributed by atoms with Crippen LogP contribution in [0.15, 0.2) is 54.6 Å². The van der Waals surface area contributed by atoms with Crippen LogP contribution in [0, 0.1) is 0 Å². The first-order valence-corrected chi connectivity index (χ1v) is 9.54. The van der Waals surface area contributed by atoms with E-state index in [0.29, 0.717) is 30.6 Å². The number of rotatable bonds is 8. The van der Waals surface area contributed by atoms with Gasteiger partial charge in [0.1, 0.15) is 0 Å². The fourth-order valence-corrected chi connectivity index (χ4v) is 3.10. The second-order valence-corrected chi connectivity index (χ2v) is 6.70. The van der Waals surface area contributed by atoms with Crippen LogP contribution in [-0.4, -0.2) is 29.8 Å². The first kappa shape index (κ1) is 22.5. The van der Waals surface area contributed by atoms with E-state index in [1.54, 1.807) is 49.1 Å². The van der Waals surface area contributed by atoms with Crippen LogP contribution in [0.2, 0.25) is 0 Å². The van der Waals surface area contributed by atoms with Gasteiger partial charge in [-0.25, -0.2) is 0 Å². The zero-order chi connectivity index (χ0) is 21.4. The van der Waals surface area contributed by atoms with Crippen LogP contribution in [0.25, 0.3) is 0 Å². The highest BCUT2D eigenvalue weighted by atomic mass is 19.4. The molecule has 1 N–H and O–H groups in total. The summed E-state index contributed by atoms with van der Waals surface area (Å²) >= 11 is 0. The molecule has 1 atom stereocenters. The first-order chi connectivity index (χ1) is 13.7. The molecule has 0 saturated carbocycles. The van der Waals surface area contributed by atoms with Gasteiger partial charge in [0, 0.05) is 25.1 Å². The fourth-order valence-electron chi connectivity index (χ4n) is 3.10. The van der Waals surface area contributed by atoms with Crippen molar-refractivity contribution in [3.63, 3.8) is 0 Å². The van der Waals surface area contributed by atoms with E-state index in [4.69, 9.17) is 0 Å². The number of alkyl halides is 3. The van der Waals surface area contributed by atoms with Gasteiger partial charge in [-0.3, -0.25) is 9.59 Å². The van der Waals surface area contributed by atoms with Crippen LogP contribution >= 0.6 is 0 Å². The molecule has 0 radical (unpaired) electrons. The maximum Gasteiger partial charge on any atom is 0.416 e. The van der Waals surface area contributed by atoms with Gasteiger partial charge in [0.2, 0.25) is 5.91 Å². The lowest BCUT2D eigenvalue weighted by Gasteiger charge is -2.29. The van der Waals surface area contributed by atoms with Gasteiger partial charge in [-0.2, -0.15) is 13.2 Å². The molecule has 2 aromatic rings. The van der Waals surface area contributed by atoms with E-state index in [0.717, 1.165) is 12.1 Å². The Hall–Kier alpha value is -2.83. The quantitative estimate of drug-likeness (QED) is 0.639. The van der Waals surface area contributed by atoms with Crippen LogP contribution in [0.1, 0.15) is 54.2 Å². The number of carbonyl (C=O) groups is 2. The largest absolute Gasteiger partial charge is 0.416 e. The van der Waals surface area contributed by atoms with Crippen molar-refractivity contribution < 1.29 is 22.8 Å². The minimum Gasteiger partial charge on any atom is -0.352 e. The molecular formula is C22H25F3N2O2. The highest BCUT2D eigenvalue weighted by Crippen LogP contribution is 2.32. The molecule has 0 heterocycles. The smallest absolute Gasteiger partial charge is 0.352 e. The van der Waals surface area contributed by atoms with Crippen LogP contribution in [0.3, 0.4) is 0 Å². The van der Waals surface area contributed by atoms with E-state index in [1.807, 2.05) is 6.07 Å². The third-order valence-electron chi connectivity index (χ3n) is 4.71. The van der Waals surface area contributed by atoms with Crippen LogP contribution < -0.4 is 5.32 Å². The van der Waals surface area contributed by atoms with Gasteiger partial charge >= 0.3 is 6.18 Å². The Morgan fingerprint density at radius 3 is 2.38 bits per heavy atom. The highest BCUT2D eigenvalue weighted by molar-refractivity contribution is 5.94. The topological polar surface area (TPSA) is 49.4 Å². The van der Waals surface area contributed by atoms with Crippen LogP contribution in [0.5, 0.6) is 0 Å². The molecule has 0 aliphatic rings. The lowest BCUT2D eigenvalue weighted by Crippen LogP contribution is -2.34. The van der Waals surface area contributed by atoms with E-state index in [9.17, 15) is 22.8 Å². The molecular weight excluding hydrogens is 381 g/mol. The Bertz CT molecular complexity index is 822. The lowest BCUT2D eigenvalue weighted by molar-refractivity contribution is -0.137. The summed E-state index contributed by atoms with van der Waals surface area (Å²) in [6.07, 6.45) is -3.77. The molecule has 156 valence electrons. The molecule has 0 aliphatic carbocycles. The van der Waals surface area contributed by atoms with Gasteiger partial charge in [-0.1, -0.05) is 30.3 Å². The molecule has 7 heteroatoms. The van der Waals surface area contributed by atoms with Gasteiger partial charge in [-0.15, -0.1) is 0 Å². The average molecular weight is 406 g/mol. The Morgan fingerprint density at radius 1 is 1.07 bits per heavy atom. The van der Waals surface area contributed by atoms with E-state index < -0.39 is 17.8 Å². The van der Waals surface area contributed by atoms with Crippen molar-refractivity contribution in [3.05, 3.63) is 71.3 Å². The molecule has 0 saturated heterocycles. The Balaban J connectivity index is 1.90. The van der Waals surface area contributed by atoms with E-state index in [2.05, 4.69) is 5.32 Å². The monoisotopic (exact) mass is 406 g/mol. The normalized spacial score (nSPS) is 12.3. The van der Waals surface area contributed by atoms with E-state index in [1.165, 1.54) is 6.07 Å². The number of halogens is 3. The van der Waals surface area contributed by atoms with Crippen LogP contribution in [0.4, 0.5) is 13.2 Å². The Kier molecular flexibility index (Phi) is 7.82. The van der Waals surface area contributed by atoms with Gasteiger partial charge in [-0.05, 0) is 50.1 Å². The van der Waals surface area contributed by atoms with E-state index >= 15 is 0 Å². The second kappa shape index (κ2) is 10.1. The van der Waals surface area contributed by atoms with Crippen LogP contribution in [-0.2, 0) is 11.0 Å². The molecule has 0 aromatic heterocycles. The number of amides is 2. The molecule has 29 heavy (non-hydrogen) atoms. The molecule has 1 unspecified atom stereocenters. The van der Waals surface area contributed by atoms with Crippen molar-refractivity contribution in [1.29, 1.82) is 0 Å². The zero-order valence-electron chi connectivity index (χ0n) is 16.5. The molecule has 0 bridgehead atoms. The molecule has 2 amide bonds. The van der Waals surface area contributed by atoms with E-state index in [-0.39, 0.29) is 18.2 Å². The third kappa shape index (κ3) is 6.34. The number of nitrogens with zero attached hydrogens (tertiary/aromatic N) is 1. The second-order valence-electron chi connectivity index (χ2n) is 6.70. The first-order valence-electron chi connectivity index (χ1n) is 9.54. The van der Waals surface area contributed by atoms with Crippen molar-refractivity contribution >= 4 is 11.8 Å². The van der Waals surface area contributed by atoms with Crippen molar-refractivity contribution in [1.82, 2.24) is 10.2 Å². The lowest BCUT2D eigenvalue weighted by atomic mass is 10.0. The van der Waals surface area contributed by atoms with Gasteiger partial charge in [0.05, 0.1) is 11.6 Å². The predicted octanol–water partition coefficient (Wildman–Crippen LogP) is 4.83. The molecule has 0 spiro atoms. The third-order valence-corrected chi connectivity index (χ3v) is 4.71. The summed E-state index contributed by atoms with van der Waals surface area (Å²) in [6.45, 7) is 4.23. The van der Waals surface area contributed by atoms with Gasteiger partial charge in [0.15, 0.2) is 0 Å². The van der Waals surface area contributed by atoms with Gasteiger partial charge < -0.3 is 10.2 Å². The maximum atomic E-state index is 13.0.